The van der Waals surface area contributed by atoms with Crippen molar-refractivity contribution < 1.29 is 19.1 Å². The van der Waals surface area contributed by atoms with Crippen LogP contribution >= 0.6 is 0 Å². The van der Waals surface area contributed by atoms with Gasteiger partial charge in [-0.1, -0.05) is 32.9 Å². The number of hydrogen-bond acceptors (Lipinski definition) is 4. The Labute approximate surface area is 174 Å². The highest BCUT2D eigenvalue weighted by atomic mass is 16.5. The molecule has 1 aromatic rings. The second-order valence-electron chi connectivity index (χ2n) is 8.69. The van der Waals surface area contributed by atoms with Gasteiger partial charge in [-0.25, -0.2) is 0 Å². The highest BCUT2D eigenvalue weighted by molar-refractivity contribution is 5.77. The molecule has 2 rings (SSSR count). The summed E-state index contributed by atoms with van der Waals surface area (Å²) < 4.78 is 10.7. The predicted molar refractivity (Wildman–Crippen MR) is 114 cm³/mol. The van der Waals surface area contributed by atoms with Crippen molar-refractivity contribution in [2.75, 3.05) is 33.4 Å². The minimum absolute atomic E-state index is 0.0179. The summed E-state index contributed by atoms with van der Waals surface area (Å²) in [6.45, 7) is 8.93. The first kappa shape index (κ1) is 23.2. The first-order chi connectivity index (χ1) is 13.8. The standard InChI is InChI=1S/C23H36N2O4/c1-23(2,3)18-7-9-20(10-8-18)29-16-5-6-22(27)25-14-11-19(12-15-25)24-21(26)13-17-28-4/h7-10,19H,5-6,11-17H2,1-4H3,(H,24,26). The number of nitrogens with zero attached hydrogens (tertiary/aromatic N) is 1. The first-order valence-corrected chi connectivity index (χ1v) is 10.6. The van der Waals surface area contributed by atoms with E-state index in [4.69, 9.17) is 9.47 Å². The number of likely N-dealkylation sites (tertiary alicyclic amines) is 1. The SMILES string of the molecule is COCCC(=O)NC1CCN(C(=O)CCCOc2ccc(C(C)(C)C)cc2)CC1. The smallest absolute Gasteiger partial charge is 0.222 e. The minimum atomic E-state index is 0.0179. The van der Waals surface area contributed by atoms with Gasteiger partial charge in [-0.2, -0.15) is 0 Å². The lowest BCUT2D eigenvalue weighted by Crippen LogP contribution is -2.46. The summed E-state index contributed by atoms with van der Waals surface area (Å²) in [4.78, 5) is 26.1. The Morgan fingerprint density at radius 3 is 2.31 bits per heavy atom. The van der Waals surface area contributed by atoms with Gasteiger partial charge < -0.3 is 19.7 Å². The van der Waals surface area contributed by atoms with Crippen LogP contribution in [0.15, 0.2) is 24.3 Å². The molecule has 0 atom stereocenters. The first-order valence-electron chi connectivity index (χ1n) is 10.6. The number of carbonyl (C=O) groups is 2. The van der Waals surface area contributed by atoms with E-state index < -0.39 is 0 Å². The maximum Gasteiger partial charge on any atom is 0.222 e. The Bertz CT molecular complexity index is 644. The topological polar surface area (TPSA) is 67.9 Å². The number of methoxy groups -OCH3 is 1. The molecule has 1 fully saturated rings. The monoisotopic (exact) mass is 404 g/mol. The second-order valence-corrected chi connectivity index (χ2v) is 8.69. The summed E-state index contributed by atoms with van der Waals surface area (Å²) in [5.41, 5.74) is 1.41. The Balaban J connectivity index is 1.62. The zero-order valence-electron chi connectivity index (χ0n) is 18.3. The van der Waals surface area contributed by atoms with Crippen LogP contribution in [-0.2, 0) is 19.7 Å². The number of ether oxygens (including phenoxy) is 2. The van der Waals surface area contributed by atoms with Crippen molar-refractivity contribution in [3.05, 3.63) is 29.8 Å². The maximum absolute atomic E-state index is 12.4. The van der Waals surface area contributed by atoms with Crippen molar-refractivity contribution in [3.8, 4) is 5.75 Å². The third kappa shape index (κ3) is 8.05. The maximum atomic E-state index is 12.4. The Morgan fingerprint density at radius 1 is 1.07 bits per heavy atom. The third-order valence-corrected chi connectivity index (χ3v) is 5.27. The molecule has 0 radical (unpaired) electrons. The summed E-state index contributed by atoms with van der Waals surface area (Å²) in [6.07, 6.45) is 3.19. The lowest BCUT2D eigenvalue weighted by molar-refractivity contribution is -0.132. The summed E-state index contributed by atoms with van der Waals surface area (Å²) in [7, 11) is 1.59. The fraction of sp³-hybridized carbons (Fsp3) is 0.652. The summed E-state index contributed by atoms with van der Waals surface area (Å²) >= 11 is 0. The van der Waals surface area contributed by atoms with Crippen LogP contribution in [0.4, 0.5) is 0 Å². The van der Waals surface area contributed by atoms with Crippen molar-refractivity contribution in [1.29, 1.82) is 0 Å². The van der Waals surface area contributed by atoms with E-state index in [1.165, 1.54) is 5.56 Å². The Morgan fingerprint density at radius 2 is 1.72 bits per heavy atom. The van der Waals surface area contributed by atoms with E-state index in [9.17, 15) is 9.59 Å². The molecular weight excluding hydrogens is 368 g/mol. The van der Waals surface area contributed by atoms with Gasteiger partial charge in [0.05, 0.1) is 13.2 Å². The normalized spacial score (nSPS) is 15.2. The molecule has 1 aliphatic heterocycles. The van der Waals surface area contributed by atoms with E-state index in [1.807, 2.05) is 17.0 Å². The van der Waals surface area contributed by atoms with Crippen LogP contribution in [0.1, 0.15) is 58.4 Å². The second kappa shape index (κ2) is 11.2. The van der Waals surface area contributed by atoms with Gasteiger partial charge in [0, 0.05) is 39.1 Å². The Hall–Kier alpha value is -2.08. The number of piperidine rings is 1. The molecular formula is C23H36N2O4. The average Bonchev–Trinajstić information content (AvgIpc) is 2.69. The molecule has 6 nitrogen and oxygen atoms in total. The number of rotatable bonds is 9. The van der Waals surface area contributed by atoms with E-state index in [0.29, 0.717) is 45.6 Å². The average molecular weight is 405 g/mol. The minimum Gasteiger partial charge on any atom is -0.494 e. The molecule has 162 valence electrons. The molecule has 0 bridgehead atoms. The molecule has 2 amide bonds. The molecule has 0 spiro atoms. The van der Waals surface area contributed by atoms with E-state index in [-0.39, 0.29) is 23.3 Å². The highest BCUT2D eigenvalue weighted by Gasteiger charge is 2.23. The number of nitrogens with one attached hydrogen (secondary N) is 1. The lowest BCUT2D eigenvalue weighted by atomic mass is 9.87. The van der Waals surface area contributed by atoms with Crippen molar-refractivity contribution in [3.63, 3.8) is 0 Å². The fourth-order valence-electron chi connectivity index (χ4n) is 3.39. The molecule has 1 heterocycles. The molecule has 1 aromatic carbocycles. The van der Waals surface area contributed by atoms with E-state index in [1.54, 1.807) is 7.11 Å². The third-order valence-electron chi connectivity index (χ3n) is 5.27. The highest BCUT2D eigenvalue weighted by Crippen LogP contribution is 2.24. The van der Waals surface area contributed by atoms with Crippen LogP contribution in [0.2, 0.25) is 0 Å². The van der Waals surface area contributed by atoms with Crippen LogP contribution in [-0.4, -0.2) is 56.2 Å². The molecule has 29 heavy (non-hydrogen) atoms. The Kier molecular flexibility index (Phi) is 8.96. The zero-order valence-corrected chi connectivity index (χ0v) is 18.3. The van der Waals surface area contributed by atoms with Gasteiger partial charge in [-0.15, -0.1) is 0 Å². The largest absolute Gasteiger partial charge is 0.494 e. The van der Waals surface area contributed by atoms with Crippen LogP contribution in [0.3, 0.4) is 0 Å². The van der Waals surface area contributed by atoms with E-state index in [2.05, 4.69) is 38.2 Å². The fourth-order valence-corrected chi connectivity index (χ4v) is 3.39. The van der Waals surface area contributed by atoms with Gasteiger partial charge in [0.2, 0.25) is 11.8 Å². The summed E-state index contributed by atoms with van der Waals surface area (Å²) in [5.74, 6) is 1.03. The number of carbonyl (C=O) groups excluding carboxylic acids is 2. The number of benzene rings is 1. The molecule has 1 N–H and O–H groups in total. The van der Waals surface area contributed by atoms with Gasteiger partial charge in [-0.05, 0) is 42.4 Å². The molecule has 6 heteroatoms. The van der Waals surface area contributed by atoms with E-state index in [0.717, 1.165) is 18.6 Å². The molecule has 1 saturated heterocycles. The van der Waals surface area contributed by atoms with Gasteiger partial charge in [0.1, 0.15) is 5.75 Å². The van der Waals surface area contributed by atoms with Gasteiger partial charge in [0.15, 0.2) is 0 Å². The van der Waals surface area contributed by atoms with Crippen LogP contribution < -0.4 is 10.1 Å². The zero-order chi connectivity index (χ0) is 21.3. The summed E-state index contributed by atoms with van der Waals surface area (Å²) in [6, 6.07) is 8.34. The van der Waals surface area contributed by atoms with Crippen molar-refractivity contribution in [1.82, 2.24) is 10.2 Å². The number of amides is 2. The van der Waals surface area contributed by atoms with Crippen LogP contribution in [0, 0.1) is 0 Å². The molecule has 0 aromatic heterocycles. The van der Waals surface area contributed by atoms with Crippen LogP contribution in [0.25, 0.3) is 0 Å². The van der Waals surface area contributed by atoms with Crippen molar-refractivity contribution in [2.24, 2.45) is 0 Å². The van der Waals surface area contributed by atoms with Crippen LogP contribution in [0.5, 0.6) is 5.75 Å². The lowest BCUT2D eigenvalue weighted by Gasteiger charge is -2.32. The summed E-state index contributed by atoms with van der Waals surface area (Å²) in [5, 5.41) is 3.02. The molecule has 1 aliphatic rings. The molecule has 0 unspecified atom stereocenters. The van der Waals surface area contributed by atoms with Gasteiger partial charge in [-0.3, -0.25) is 9.59 Å². The van der Waals surface area contributed by atoms with Gasteiger partial charge >= 0.3 is 0 Å². The van der Waals surface area contributed by atoms with E-state index >= 15 is 0 Å². The molecule has 0 saturated carbocycles. The predicted octanol–water partition coefficient (Wildman–Crippen LogP) is 3.29. The van der Waals surface area contributed by atoms with Crippen molar-refractivity contribution >= 4 is 11.8 Å². The quantitative estimate of drug-likeness (QED) is 0.642. The molecule has 0 aliphatic carbocycles. The number of hydrogen-bond donors (Lipinski definition) is 1. The van der Waals surface area contributed by atoms with Crippen molar-refractivity contribution in [2.45, 2.75) is 64.3 Å². The van der Waals surface area contributed by atoms with Gasteiger partial charge in [0.25, 0.3) is 0 Å².